The lowest BCUT2D eigenvalue weighted by Gasteiger charge is -2.40. The van der Waals surface area contributed by atoms with Gasteiger partial charge in [-0.1, -0.05) is 19.0 Å². The molecule has 0 aromatic heterocycles. The predicted molar refractivity (Wildman–Crippen MR) is 244 cm³/mol. The Hall–Kier alpha value is -6.84. The molecule has 0 unspecified atom stereocenters. The summed E-state index contributed by atoms with van der Waals surface area (Å²) in [4.78, 5) is 140. The Labute approximate surface area is 421 Å². The van der Waals surface area contributed by atoms with Crippen molar-refractivity contribution in [3.63, 3.8) is 0 Å². The van der Waals surface area contributed by atoms with Crippen LogP contribution in [0.25, 0.3) is 10.4 Å². The Morgan fingerprint density at radius 3 is 1.59 bits per heavy atom. The number of carboxylic acids is 4. The fourth-order valence-corrected chi connectivity index (χ4v) is 6.28. The summed E-state index contributed by atoms with van der Waals surface area (Å²) < 4.78 is 26.4. The number of rotatable bonds is 38. The molecule has 74 heavy (non-hydrogen) atoms. The Kier molecular flexibility index (Phi) is 31.1. The van der Waals surface area contributed by atoms with Crippen molar-refractivity contribution in [1.29, 1.82) is 0 Å². The fourth-order valence-electron chi connectivity index (χ4n) is 6.28. The van der Waals surface area contributed by atoms with Crippen molar-refractivity contribution in [2.75, 3.05) is 72.5 Å². The number of hydrogen-bond acceptors (Lipinski definition) is 20. The third-order valence-electron chi connectivity index (χ3n) is 10.2. The maximum absolute atomic E-state index is 13.7. The van der Waals surface area contributed by atoms with Gasteiger partial charge in [-0.2, -0.15) is 0 Å². The van der Waals surface area contributed by atoms with E-state index in [1.807, 2.05) is 5.32 Å². The van der Waals surface area contributed by atoms with Gasteiger partial charge in [0.05, 0.1) is 72.1 Å². The van der Waals surface area contributed by atoms with Crippen molar-refractivity contribution in [3.8, 4) is 0 Å². The van der Waals surface area contributed by atoms with E-state index in [9.17, 15) is 83.4 Å². The van der Waals surface area contributed by atoms with E-state index in [-0.39, 0.29) is 65.8 Å². The van der Waals surface area contributed by atoms with E-state index >= 15 is 0 Å². The molecule has 1 fully saturated rings. The highest BCUT2D eigenvalue weighted by Crippen LogP contribution is 2.22. The van der Waals surface area contributed by atoms with Gasteiger partial charge in [0.2, 0.25) is 35.4 Å². The number of carbonyl (C=O) groups is 11. The number of nitrogens with zero attached hydrogens (tertiary/aromatic N) is 3. The first kappa shape index (κ1) is 65.2. The maximum Gasteiger partial charge on any atom is 0.305 e. The second-order valence-corrected chi connectivity index (χ2v) is 16.4. The molecule has 0 bridgehead atoms. The number of nitrogens with one attached hydrogen (secondary N) is 7. The normalized spacial score (nSPS) is 19.1. The lowest BCUT2D eigenvalue weighted by atomic mass is 9.94. The van der Waals surface area contributed by atoms with Gasteiger partial charge < -0.3 is 96.6 Å². The average Bonchev–Trinajstić information content (AvgIpc) is 3.32. The van der Waals surface area contributed by atoms with Crippen LogP contribution in [0, 0.1) is 5.92 Å². The lowest BCUT2D eigenvalue weighted by Crippen LogP contribution is -2.65. The molecule has 1 aliphatic rings. The zero-order valence-corrected chi connectivity index (χ0v) is 40.7. The van der Waals surface area contributed by atoms with Gasteiger partial charge in [0.1, 0.15) is 61.2 Å². The second-order valence-electron chi connectivity index (χ2n) is 16.4. The van der Waals surface area contributed by atoms with Crippen LogP contribution in [0.1, 0.15) is 52.9 Å². The van der Waals surface area contributed by atoms with Crippen molar-refractivity contribution in [2.24, 2.45) is 11.0 Å². The monoisotopic (exact) mass is 1070 g/mol. The SMILES string of the molecule is CC(C)[C@H](NC(=O)[C@H](CCC(=O)O)NC(=O)[C@H](CC(=O)O)NC(=O)[C@H]1O[C@@H](CNC(=O)CN=[N+]=[N-])[C@H](O)[C@@H](O)[C@H]1O)C(=O)N[C@@H](CC(=O)O)C(=O)N[C@@H](C)C(=O)NCCOCCOCCOCCOCCC(=O)O. The van der Waals surface area contributed by atoms with Gasteiger partial charge in [-0.3, -0.25) is 52.7 Å². The molecule has 0 aromatic carbocycles. The van der Waals surface area contributed by atoms with Gasteiger partial charge in [-0.25, -0.2) is 0 Å². The van der Waals surface area contributed by atoms with E-state index in [1.165, 1.54) is 20.8 Å². The molecule has 33 nitrogen and oxygen atoms in total. The molecule has 0 radical (unpaired) electrons. The number of aliphatic carboxylic acids is 4. The number of carboxylic acid groups (broad SMARTS) is 4. The predicted octanol–water partition coefficient (Wildman–Crippen LogP) is -6.17. The van der Waals surface area contributed by atoms with E-state index in [4.69, 9.17) is 34.3 Å². The van der Waals surface area contributed by atoms with Crippen LogP contribution in [0.2, 0.25) is 0 Å². The standard InChI is InChI=1S/C41H66N10O23/c1-20(2)31(40(68)48-23(16-29(57)58)38(66)46-21(3)36(64)43-7-9-71-11-13-73-15-14-72-12-10-70-8-6-28(55)56)50-37(65)22(4-5-27(53)54)47-39(67)24(17-30(59)60)49-41(69)35-34(63)33(62)32(61)25(74-35)18-44-26(52)19-45-51-42/h20-25,31-35,61-63H,4-19H2,1-3H3,(H,43,64)(H,44,52)(H,46,66)(H,47,67)(H,48,68)(H,49,69)(H,50,65)(H,53,54)(H,55,56)(H,57,58)(H,59,60)/t21-,22-,23-,24-,25-,31-,32-,33+,34+,35-/m0/s1. The van der Waals surface area contributed by atoms with Gasteiger partial charge in [-0.05, 0) is 24.8 Å². The van der Waals surface area contributed by atoms with Crippen LogP contribution >= 0.6 is 0 Å². The third-order valence-corrected chi connectivity index (χ3v) is 10.2. The summed E-state index contributed by atoms with van der Waals surface area (Å²) >= 11 is 0. The number of carbonyl (C=O) groups excluding carboxylic acids is 7. The molecule has 0 aliphatic carbocycles. The van der Waals surface area contributed by atoms with Crippen LogP contribution in [0.4, 0.5) is 0 Å². The summed E-state index contributed by atoms with van der Waals surface area (Å²) in [5.74, 6) is -14.5. The van der Waals surface area contributed by atoms with E-state index in [2.05, 4.69) is 41.9 Å². The number of amides is 7. The quantitative estimate of drug-likeness (QED) is 0.0118. The second kappa shape index (κ2) is 35.3. The molecule has 10 atom stereocenters. The highest BCUT2D eigenvalue weighted by atomic mass is 16.6. The minimum absolute atomic E-state index is 0.0125. The first-order valence-corrected chi connectivity index (χ1v) is 22.8. The smallest absolute Gasteiger partial charge is 0.305 e. The Morgan fingerprint density at radius 1 is 0.568 bits per heavy atom. The van der Waals surface area contributed by atoms with Crippen LogP contribution in [0.5, 0.6) is 0 Å². The van der Waals surface area contributed by atoms with Gasteiger partial charge in [0.25, 0.3) is 5.91 Å². The summed E-state index contributed by atoms with van der Waals surface area (Å²) in [6.07, 6.45) is -13.8. The molecule has 418 valence electrons. The van der Waals surface area contributed by atoms with Crippen LogP contribution in [-0.2, 0) is 76.4 Å². The highest BCUT2D eigenvalue weighted by Gasteiger charge is 2.47. The van der Waals surface area contributed by atoms with Crippen molar-refractivity contribution >= 4 is 65.2 Å². The molecule has 1 saturated heterocycles. The van der Waals surface area contributed by atoms with Gasteiger partial charge in [0.15, 0.2) is 6.10 Å². The van der Waals surface area contributed by atoms with E-state index in [0.29, 0.717) is 0 Å². The lowest BCUT2D eigenvalue weighted by molar-refractivity contribution is -0.219. The minimum atomic E-state index is -2.20. The first-order chi connectivity index (χ1) is 34.9. The largest absolute Gasteiger partial charge is 0.481 e. The summed E-state index contributed by atoms with van der Waals surface area (Å²) in [5.41, 5.74) is 8.39. The van der Waals surface area contributed by atoms with E-state index in [1.54, 1.807) is 0 Å². The Morgan fingerprint density at radius 2 is 1.07 bits per heavy atom. The maximum atomic E-state index is 13.7. The molecular weight excluding hydrogens is 1000 g/mol. The molecule has 1 rings (SSSR count). The number of aliphatic hydroxyl groups excluding tert-OH is 3. The molecule has 14 N–H and O–H groups in total. The van der Waals surface area contributed by atoms with Crippen molar-refractivity contribution in [2.45, 2.75) is 114 Å². The zero-order chi connectivity index (χ0) is 55.9. The van der Waals surface area contributed by atoms with Crippen LogP contribution in [-0.4, -0.2) is 234 Å². The van der Waals surface area contributed by atoms with Crippen LogP contribution < -0.4 is 37.2 Å². The van der Waals surface area contributed by atoms with Gasteiger partial charge in [-0.15, -0.1) is 0 Å². The van der Waals surface area contributed by atoms with Gasteiger partial charge >= 0.3 is 23.9 Å². The molecule has 33 heteroatoms. The number of hydrogen-bond donors (Lipinski definition) is 14. The highest BCUT2D eigenvalue weighted by molar-refractivity contribution is 5.98. The number of aliphatic hydroxyl groups is 3. The number of ether oxygens (including phenoxy) is 5. The molecule has 0 aromatic rings. The molecule has 7 amide bonds. The zero-order valence-electron chi connectivity index (χ0n) is 40.7. The third kappa shape index (κ3) is 26.2. The molecule has 1 heterocycles. The topological polar surface area (TPSA) is 508 Å². The average molecular weight is 1070 g/mol. The summed E-state index contributed by atoms with van der Waals surface area (Å²) in [7, 11) is 0. The van der Waals surface area contributed by atoms with Gasteiger partial charge in [0, 0.05) is 24.4 Å². The molecular formula is C41H66N10O23. The van der Waals surface area contributed by atoms with Crippen LogP contribution in [0.3, 0.4) is 0 Å². The van der Waals surface area contributed by atoms with Crippen molar-refractivity contribution < 1.29 is 112 Å². The minimum Gasteiger partial charge on any atom is -0.481 e. The Bertz CT molecular complexity index is 1960. The fraction of sp³-hybridized carbons (Fsp3) is 0.732. The van der Waals surface area contributed by atoms with Crippen molar-refractivity contribution in [1.82, 2.24) is 37.2 Å². The van der Waals surface area contributed by atoms with E-state index in [0.717, 1.165) is 0 Å². The van der Waals surface area contributed by atoms with E-state index < -0.39 is 171 Å². The summed E-state index contributed by atoms with van der Waals surface area (Å²) in [6, 6.07) is -8.73. The summed E-state index contributed by atoms with van der Waals surface area (Å²) in [6.45, 7) is 4.22. The molecule has 1 aliphatic heterocycles. The first-order valence-electron chi connectivity index (χ1n) is 22.8. The van der Waals surface area contributed by atoms with Crippen molar-refractivity contribution in [3.05, 3.63) is 10.4 Å². The number of azide groups is 1. The van der Waals surface area contributed by atoms with Crippen LogP contribution in [0.15, 0.2) is 5.11 Å². The Balaban J connectivity index is 2.95. The summed E-state index contributed by atoms with van der Waals surface area (Å²) in [5, 5.41) is 87.0. The molecule has 0 spiro atoms. The molecule has 0 saturated carbocycles.